The molecular weight excluding hydrogens is 390 g/mol. The first-order valence-corrected chi connectivity index (χ1v) is 10.3. The number of hydrogen-bond acceptors (Lipinski definition) is 6. The van der Waals surface area contributed by atoms with Crippen LogP contribution in [-0.4, -0.2) is 46.1 Å². The molecule has 156 valence electrons. The van der Waals surface area contributed by atoms with E-state index >= 15 is 0 Å². The SMILES string of the molecule is C=CCn1c(SCC(=O)NC(=O)NCCC(C)C)nnc1-c1ccccc1OC. The Morgan fingerprint density at radius 2 is 2.07 bits per heavy atom. The van der Waals surface area contributed by atoms with Gasteiger partial charge in [-0.15, -0.1) is 16.8 Å². The number of ether oxygens (including phenoxy) is 1. The Balaban J connectivity index is 2.02. The van der Waals surface area contributed by atoms with Gasteiger partial charge >= 0.3 is 6.03 Å². The van der Waals surface area contributed by atoms with Gasteiger partial charge < -0.3 is 10.1 Å². The maximum absolute atomic E-state index is 12.1. The summed E-state index contributed by atoms with van der Waals surface area (Å²) >= 11 is 1.20. The minimum Gasteiger partial charge on any atom is -0.496 e. The number of benzene rings is 1. The van der Waals surface area contributed by atoms with E-state index in [4.69, 9.17) is 4.74 Å². The fourth-order valence-corrected chi connectivity index (χ4v) is 3.28. The molecule has 8 nitrogen and oxygen atoms in total. The highest BCUT2D eigenvalue weighted by atomic mass is 32.2. The van der Waals surface area contributed by atoms with E-state index in [1.54, 1.807) is 13.2 Å². The molecule has 1 aromatic heterocycles. The summed E-state index contributed by atoms with van der Waals surface area (Å²) in [6.45, 7) is 8.92. The zero-order valence-electron chi connectivity index (χ0n) is 17.0. The molecule has 0 aliphatic rings. The van der Waals surface area contributed by atoms with Crippen molar-refractivity contribution < 1.29 is 14.3 Å². The molecule has 9 heteroatoms. The van der Waals surface area contributed by atoms with Gasteiger partial charge in [0.2, 0.25) is 5.91 Å². The van der Waals surface area contributed by atoms with Gasteiger partial charge in [-0.2, -0.15) is 0 Å². The van der Waals surface area contributed by atoms with Crippen molar-refractivity contribution in [3.63, 3.8) is 0 Å². The number of allylic oxidation sites excluding steroid dienone is 1. The predicted octanol–water partition coefficient (Wildman–Crippen LogP) is 3.10. The van der Waals surface area contributed by atoms with Crippen LogP contribution in [0.25, 0.3) is 11.4 Å². The molecule has 1 aromatic carbocycles. The zero-order chi connectivity index (χ0) is 21.2. The number of rotatable bonds is 10. The van der Waals surface area contributed by atoms with Crippen molar-refractivity contribution in [3.8, 4) is 17.1 Å². The van der Waals surface area contributed by atoms with Crippen molar-refractivity contribution in [2.45, 2.75) is 32.0 Å². The molecule has 0 fully saturated rings. The van der Waals surface area contributed by atoms with Crippen LogP contribution in [0.15, 0.2) is 42.1 Å². The molecular formula is C20H27N5O3S. The number of hydrogen-bond donors (Lipinski definition) is 2. The number of amides is 3. The Morgan fingerprint density at radius 3 is 2.76 bits per heavy atom. The van der Waals surface area contributed by atoms with Crippen LogP contribution < -0.4 is 15.4 Å². The Labute approximate surface area is 175 Å². The summed E-state index contributed by atoms with van der Waals surface area (Å²) in [6.07, 6.45) is 2.58. The second kappa shape index (κ2) is 11.3. The summed E-state index contributed by atoms with van der Waals surface area (Å²) in [5, 5.41) is 14.0. The van der Waals surface area contributed by atoms with Gasteiger partial charge in [0.05, 0.1) is 18.4 Å². The third-order valence-corrected chi connectivity index (χ3v) is 4.94. The molecule has 0 atom stereocenters. The zero-order valence-corrected chi connectivity index (χ0v) is 17.8. The second-order valence-electron chi connectivity index (χ2n) is 6.68. The van der Waals surface area contributed by atoms with Crippen LogP contribution in [0.3, 0.4) is 0 Å². The number of para-hydroxylation sites is 1. The first-order valence-electron chi connectivity index (χ1n) is 9.34. The van der Waals surface area contributed by atoms with Crippen LogP contribution in [0.4, 0.5) is 4.79 Å². The lowest BCUT2D eigenvalue weighted by molar-refractivity contribution is -0.117. The van der Waals surface area contributed by atoms with E-state index < -0.39 is 11.9 Å². The smallest absolute Gasteiger partial charge is 0.321 e. The van der Waals surface area contributed by atoms with Crippen LogP contribution in [0.1, 0.15) is 20.3 Å². The molecule has 2 aromatic rings. The molecule has 0 aliphatic heterocycles. The molecule has 3 amide bonds. The van der Waals surface area contributed by atoms with E-state index in [-0.39, 0.29) is 5.75 Å². The molecule has 0 radical (unpaired) electrons. The number of imide groups is 1. The van der Waals surface area contributed by atoms with Gasteiger partial charge in [0.1, 0.15) is 5.75 Å². The van der Waals surface area contributed by atoms with Crippen molar-refractivity contribution in [1.82, 2.24) is 25.4 Å². The summed E-state index contributed by atoms with van der Waals surface area (Å²) in [7, 11) is 1.60. The van der Waals surface area contributed by atoms with Crippen molar-refractivity contribution in [2.75, 3.05) is 19.4 Å². The van der Waals surface area contributed by atoms with Crippen LogP contribution in [0.5, 0.6) is 5.75 Å². The molecule has 0 saturated carbocycles. The molecule has 2 N–H and O–H groups in total. The van der Waals surface area contributed by atoms with Crippen molar-refractivity contribution in [1.29, 1.82) is 0 Å². The first-order chi connectivity index (χ1) is 14.0. The topological polar surface area (TPSA) is 98.1 Å². The highest BCUT2D eigenvalue weighted by molar-refractivity contribution is 7.99. The summed E-state index contributed by atoms with van der Waals surface area (Å²) in [5.74, 6) is 1.42. The molecule has 0 bridgehead atoms. The lowest BCUT2D eigenvalue weighted by Crippen LogP contribution is -2.40. The number of thioether (sulfide) groups is 1. The van der Waals surface area contributed by atoms with Crippen LogP contribution in [0.2, 0.25) is 0 Å². The molecule has 2 rings (SSSR count). The number of nitrogens with zero attached hydrogens (tertiary/aromatic N) is 3. The predicted molar refractivity (Wildman–Crippen MR) is 114 cm³/mol. The molecule has 1 heterocycles. The fourth-order valence-electron chi connectivity index (χ4n) is 2.53. The van der Waals surface area contributed by atoms with E-state index in [1.807, 2.05) is 28.8 Å². The minimum atomic E-state index is -0.487. The number of carbonyl (C=O) groups is 2. The van der Waals surface area contributed by atoms with E-state index in [2.05, 4.69) is 41.3 Å². The summed E-state index contributed by atoms with van der Waals surface area (Å²) < 4.78 is 7.26. The molecule has 0 unspecified atom stereocenters. The van der Waals surface area contributed by atoms with E-state index in [1.165, 1.54) is 11.8 Å². The van der Waals surface area contributed by atoms with Crippen LogP contribution in [-0.2, 0) is 11.3 Å². The Hall–Kier alpha value is -2.81. The fraction of sp³-hybridized carbons (Fsp3) is 0.400. The Bertz CT molecular complexity index is 850. The maximum atomic E-state index is 12.1. The van der Waals surface area contributed by atoms with E-state index in [9.17, 15) is 9.59 Å². The third kappa shape index (κ3) is 6.63. The lowest BCUT2D eigenvalue weighted by Gasteiger charge is -2.11. The van der Waals surface area contributed by atoms with Gasteiger partial charge in [0.25, 0.3) is 0 Å². The number of methoxy groups -OCH3 is 1. The molecule has 29 heavy (non-hydrogen) atoms. The number of nitrogens with one attached hydrogen (secondary N) is 2. The summed E-state index contributed by atoms with van der Waals surface area (Å²) in [5.41, 5.74) is 0.796. The Kier molecular flexibility index (Phi) is 8.72. The normalized spacial score (nSPS) is 10.6. The average Bonchev–Trinajstić information content (AvgIpc) is 3.08. The van der Waals surface area contributed by atoms with Crippen molar-refractivity contribution in [3.05, 3.63) is 36.9 Å². The van der Waals surface area contributed by atoms with Gasteiger partial charge in [-0.1, -0.05) is 43.8 Å². The van der Waals surface area contributed by atoms with Gasteiger partial charge in [-0.05, 0) is 24.5 Å². The monoisotopic (exact) mass is 417 g/mol. The van der Waals surface area contributed by atoms with Gasteiger partial charge in [0, 0.05) is 13.1 Å². The molecule has 0 spiro atoms. The molecule has 0 saturated heterocycles. The van der Waals surface area contributed by atoms with Crippen molar-refractivity contribution in [2.24, 2.45) is 5.92 Å². The van der Waals surface area contributed by atoms with E-state index in [0.717, 1.165) is 12.0 Å². The third-order valence-electron chi connectivity index (χ3n) is 3.97. The van der Waals surface area contributed by atoms with E-state index in [0.29, 0.717) is 35.7 Å². The highest BCUT2D eigenvalue weighted by Gasteiger charge is 2.18. The molecule has 0 aliphatic carbocycles. The largest absolute Gasteiger partial charge is 0.496 e. The van der Waals surface area contributed by atoms with Gasteiger partial charge in [0.15, 0.2) is 11.0 Å². The van der Waals surface area contributed by atoms with Gasteiger partial charge in [-0.25, -0.2) is 4.79 Å². The quantitative estimate of drug-likeness (QED) is 0.455. The van der Waals surface area contributed by atoms with Crippen LogP contribution in [0, 0.1) is 5.92 Å². The minimum absolute atomic E-state index is 0.0405. The maximum Gasteiger partial charge on any atom is 0.321 e. The summed E-state index contributed by atoms with van der Waals surface area (Å²) in [6, 6.07) is 7.02. The lowest BCUT2D eigenvalue weighted by atomic mass is 10.1. The standard InChI is InChI=1S/C20H27N5O3S/c1-5-12-25-18(15-8-6-7-9-16(15)28-4)23-24-20(25)29-13-17(26)22-19(27)21-11-10-14(2)3/h5-9,14H,1,10-13H2,2-4H3,(H2,21,22,26,27). The van der Waals surface area contributed by atoms with Crippen molar-refractivity contribution >= 4 is 23.7 Å². The average molecular weight is 418 g/mol. The number of urea groups is 1. The van der Waals surface area contributed by atoms with Gasteiger partial charge in [-0.3, -0.25) is 14.7 Å². The second-order valence-corrected chi connectivity index (χ2v) is 7.62. The Morgan fingerprint density at radius 1 is 1.31 bits per heavy atom. The number of carbonyl (C=O) groups excluding carboxylic acids is 2. The first kappa shape index (κ1) is 22.5. The highest BCUT2D eigenvalue weighted by Crippen LogP contribution is 2.30. The van der Waals surface area contributed by atoms with Crippen LogP contribution >= 0.6 is 11.8 Å². The number of aromatic nitrogens is 3. The summed E-state index contributed by atoms with van der Waals surface area (Å²) in [4.78, 5) is 23.8.